The van der Waals surface area contributed by atoms with Crippen LogP contribution < -0.4 is 0 Å². The molecule has 0 aliphatic rings. The molecular weight excluding hydrogens is 257 g/mol. The van der Waals surface area contributed by atoms with Gasteiger partial charge in [0.05, 0.1) is 0 Å². The molecule has 11 heavy (non-hydrogen) atoms. The van der Waals surface area contributed by atoms with E-state index in [-0.39, 0.29) is 17.0 Å². The van der Waals surface area contributed by atoms with Gasteiger partial charge in [0.25, 0.3) is 0 Å². The van der Waals surface area contributed by atoms with Crippen molar-refractivity contribution in [3.05, 3.63) is 35.9 Å². The van der Waals surface area contributed by atoms with Crippen molar-refractivity contribution in [3.63, 3.8) is 0 Å². The summed E-state index contributed by atoms with van der Waals surface area (Å²) in [5.41, 5.74) is 1.42. The van der Waals surface area contributed by atoms with Crippen LogP contribution in [0, 0.1) is 0 Å². The van der Waals surface area contributed by atoms with Gasteiger partial charge in [-0.15, -0.1) is 17.0 Å². The number of hydrogen-bond donors (Lipinski definition) is 0. The Morgan fingerprint density at radius 2 is 1.91 bits per heavy atom. The summed E-state index contributed by atoms with van der Waals surface area (Å²) in [5.74, 6) is 0. The van der Waals surface area contributed by atoms with Crippen LogP contribution in [0.4, 0.5) is 0 Å². The second-order valence-electron chi connectivity index (χ2n) is 2.23. The first kappa shape index (κ1) is 11.3. The maximum atomic E-state index is 5.13. The molecule has 0 aliphatic heterocycles. The van der Waals surface area contributed by atoms with Crippen molar-refractivity contribution >= 4 is 17.0 Å². The van der Waals surface area contributed by atoms with Crippen molar-refractivity contribution in [2.75, 3.05) is 7.11 Å². The Labute approximate surface area is 85.9 Å². The molecule has 0 aliphatic carbocycles. The van der Waals surface area contributed by atoms with Crippen LogP contribution >= 0.6 is 17.0 Å². The van der Waals surface area contributed by atoms with Crippen molar-refractivity contribution < 1.29 is 21.1 Å². The van der Waals surface area contributed by atoms with Crippen molar-refractivity contribution in [1.29, 1.82) is 0 Å². The molecular formula is C8H11BrOZn. The SMILES string of the molecule is Br.C[O][Zn][CH2]c1ccccc1. The van der Waals surface area contributed by atoms with E-state index in [1.807, 2.05) is 13.2 Å². The van der Waals surface area contributed by atoms with Gasteiger partial charge in [-0.3, -0.25) is 0 Å². The van der Waals surface area contributed by atoms with E-state index in [2.05, 4.69) is 24.3 Å². The van der Waals surface area contributed by atoms with Crippen LogP contribution in [-0.2, 0) is 26.1 Å². The zero-order chi connectivity index (χ0) is 7.23. The van der Waals surface area contributed by atoms with E-state index in [1.54, 1.807) is 0 Å². The van der Waals surface area contributed by atoms with E-state index in [0.717, 1.165) is 0 Å². The van der Waals surface area contributed by atoms with Crippen LogP contribution in [0.1, 0.15) is 5.56 Å². The fourth-order valence-corrected chi connectivity index (χ4v) is 2.49. The number of benzene rings is 1. The van der Waals surface area contributed by atoms with Crippen molar-refractivity contribution in [3.8, 4) is 0 Å². The van der Waals surface area contributed by atoms with Crippen LogP contribution in [0.15, 0.2) is 30.3 Å². The van der Waals surface area contributed by atoms with Crippen molar-refractivity contribution in [2.24, 2.45) is 0 Å². The Kier molecular flexibility index (Phi) is 7.14. The van der Waals surface area contributed by atoms with Crippen LogP contribution in [0.25, 0.3) is 0 Å². The van der Waals surface area contributed by atoms with Crippen LogP contribution in [0.2, 0.25) is 0 Å². The molecule has 0 fully saturated rings. The molecule has 3 heteroatoms. The molecule has 0 saturated carbocycles. The van der Waals surface area contributed by atoms with Crippen LogP contribution in [0.5, 0.6) is 0 Å². The summed E-state index contributed by atoms with van der Waals surface area (Å²) in [5, 5.41) is 1.20. The Morgan fingerprint density at radius 3 is 2.45 bits per heavy atom. The Bertz CT molecular complexity index is 179. The molecule has 1 aromatic rings. The Morgan fingerprint density at radius 1 is 1.27 bits per heavy atom. The van der Waals surface area contributed by atoms with Gasteiger partial charge in [-0.1, -0.05) is 0 Å². The van der Waals surface area contributed by atoms with Gasteiger partial charge in [-0.05, 0) is 0 Å². The Hall–Kier alpha value is 0.283. The van der Waals surface area contributed by atoms with E-state index < -0.39 is 17.5 Å². The van der Waals surface area contributed by atoms with Crippen LogP contribution in [-0.4, -0.2) is 7.11 Å². The molecule has 0 amide bonds. The zero-order valence-electron chi connectivity index (χ0n) is 6.62. The summed E-state index contributed by atoms with van der Waals surface area (Å²) in [6, 6.07) is 10.5. The fourth-order valence-electron chi connectivity index (χ4n) is 0.865. The summed E-state index contributed by atoms with van der Waals surface area (Å²) in [7, 11) is 1.81. The number of halogens is 1. The molecule has 0 heterocycles. The normalized spacial score (nSPS) is 8.09. The number of rotatable bonds is 3. The van der Waals surface area contributed by atoms with Gasteiger partial charge in [-0.25, -0.2) is 0 Å². The van der Waals surface area contributed by atoms with Gasteiger partial charge in [0.1, 0.15) is 0 Å². The van der Waals surface area contributed by atoms with Gasteiger partial charge in [0.15, 0.2) is 0 Å². The predicted molar refractivity (Wildman–Crippen MR) is 47.5 cm³/mol. The molecule has 1 rings (SSSR count). The molecule has 0 N–H and O–H groups in total. The summed E-state index contributed by atoms with van der Waals surface area (Å²) < 4.78 is 5.13. The number of hydrogen-bond acceptors (Lipinski definition) is 1. The molecule has 0 bridgehead atoms. The van der Waals surface area contributed by atoms with E-state index in [4.69, 9.17) is 3.56 Å². The average Bonchev–Trinajstić information content (AvgIpc) is 2.03. The quantitative estimate of drug-likeness (QED) is 0.765. The van der Waals surface area contributed by atoms with Gasteiger partial charge in [0.2, 0.25) is 0 Å². The van der Waals surface area contributed by atoms with Crippen LogP contribution in [0.3, 0.4) is 0 Å². The van der Waals surface area contributed by atoms with Gasteiger partial charge in [-0.2, -0.15) is 0 Å². The second kappa shape index (κ2) is 6.96. The first-order valence-corrected chi connectivity index (χ1v) is 6.77. The molecule has 1 nitrogen and oxygen atoms in total. The average molecular weight is 268 g/mol. The third-order valence-electron chi connectivity index (χ3n) is 1.44. The molecule has 0 aromatic heterocycles. The van der Waals surface area contributed by atoms with Gasteiger partial charge >= 0.3 is 69.1 Å². The van der Waals surface area contributed by atoms with E-state index in [0.29, 0.717) is 0 Å². The van der Waals surface area contributed by atoms with E-state index in [9.17, 15) is 0 Å². The summed E-state index contributed by atoms with van der Waals surface area (Å²) in [4.78, 5) is 0. The minimum atomic E-state index is -0.657. The van der Waals surface area contributed by atoms with E-state index >= 15 is 0 Å². The first-order valence-electron chi connectivity index (χ1n) is 3.46. The first-order chi connectivity index (χ1) is 4.93. The maximum absolute atomic E-state index is 5.13. The van der Waals surface area contributed by atoms with Gasteiger partial charge < -0.3 is 0 Å². The summed E-state index contributed by atoms with van der Waals surface area (Å²) in [6.07, 6.45) is 0. The molecule has 0 saturated heterocycles. The fraction of sp³-hybridized carbons (Fsp3) is 0.250. The van der Waals surface area contributed by atoms with E-state index in [1.165, 1.54) is 10.6 Å². The third kappa shape index (κ3) is 4.68. The molecule has 0 spiro atoms. The third-order valence-corrected chi connectivity index (χ3v) is 3.93. The van der Waals surface area contributed by atoms with Crippen molar-refractivity contribution in [1.82, 2.24) is 0 Å². The minimum absolute atomic E-state index is 0. The molecule has 0 unspecified atom stereocenters. The predicted octanol–water partition coefficient (Wildman–Crippen LogP) is 2.41. The molecule has 1 aromatic carbocycles. The molecule has 58 valence electrons. The van der Waals surface area contributed by atoms with Crippen molar-refractivity contribution in [2.45, 2.75) is 5.02 Å². The molecule has 0 radical (unpaired) electrons. The topological polar surface area (TPSA) is 9.23 Å². The summed E-state index contributed by atoms with van der Waals surface area (Å²) in [6.45, 7) is 0. The van der Waals surface area contributed by atoms with Gasteiger partial charge in [0, 0.05) is 0 Å². The monoisotopic (exact) mass is 266 g/mol. The Balaban J connectivity index is 0.000001000. The standard InChI is InChI=1S/C7H7.CH3O.BrH.Zn/c1-7-5-3-2-4-6-7;1-2;;/h2-6H,1H2;1H3;1H;/q;-1;;+1. The second-order valence-corrected chi connectivity index (χ2v) is 5.35. The zero-order valence-corrected chi connectivity index (χ0v) is 11.3. The summed E-state index contributed by atoms with van der Waals surface area (Å²) >= 11 is -0.657. The molecule has 0 atom stereocenters.